The Morgan fingerprint density at radius 3 is 2.62 bits per heavy atom. The van der Waals surface area contributed by atoms with Gasteiger partial charge in [0.25, 0.3) is 0 Å². The Kier molecular flexibility index (Phi) is 3.60. The summed E-state index contributed by atoms with van der Waals surface area (Å²) in [6.07, 6.45) is 6.16. The number of aromatic nitrogens is 2. The lowest BCUT2D eigenvalue weighted by Crippen LogP contribution is -2.07. The predicted octanol–water partition coefficient (Wildman–Crippen LogP) is 5.92. The summed E-state index contributed by atoms with van der Waals surface area (Å²) < 4.78 is 7.86. The molecule has 0 N–H and O–H groups in total. The molecule has 1 aliphatic carbocycles. The predicted molar refractivity (Wildman–Crippen MR) is 114 cm³/mol. The second-order valence-corrected chi connectivity index (χ2v) is 7.90. The average molecular weight is 379 g/mol. The highest BCUT2D eigenvalue weighted by molar-refractivity contribution is 6.15. The zero-order chi connectivity index (χ0) is 19.4. The van der Waals surface area contributed by atoms with Crippen LogP contribution in [-0.4, -0.2) is 15.3 Å². The summed E-state index contributed by atoms with van der Waals surface area (Å²) in [5.41, 5.74) is 7.83. The van der Waals surface area contributed by atoms with Gasteiger partial charge in [0.05, 0.1) is 29.4 Å². The fourth-order valence-corrected chi connectivity index (χ4v) is 4.33. The molecule has 1 saturated carbocycles. The third-order valence-electron chi connectivity index (χ3n) is 5.91. The van der Waals surface area contributed by atoms with Crippen molar-refractivity contribution in [3.8, 4) is 17.1 Å². The number of benzene rings is 2. The molecular formula is C25H21N3O. The van der Waals surface area contributed by atoms with Crippen LogP contribution in [0.25, 0.3) is 17.1 Å². The summed E-state index contributed by atoms with van der Waals surface area (Å²) in [5, 5.41) is 0. The van der Waals surface area contributed by atoms with E-state index in [4.69, 9.17) is 14.4 Å². The number of aliphatic imine (C=N–C) groups is 1. The van der Waals surface area contributed by atoms with Crippen molar-refractivity contribution >= 4 is 5.71 Å². The van der Waals surface area contributed by atoms with Gasteiger partial charge in [-0.25, -0.2) is 4.98 Å². The third-order valence-corrected chi connectivity index (χ3v) is 5.91. The molecule has 142 valence electrons. The van der Waals surface area contributed by atoms with Gasteiger partial charge in [-0.1, -0.05) is 36.4 Å². The maximum atomic E-state index is 5.67. The number of furan rings is 1. The van der Waals surface area contributed by atoms with Crippen molar-refractivity contribution < 1.29 is 4.42 Å². The molecule has 3 heterocycles. The van der Waals surface area contributed by atoms with E-state index in [0.29, 0.717) is 5.92 Å². The lowest BCUT2D eigenvalue weighted by Gasteiger charge is -2.13. The van der Waals surface area contributed by atoms with E-state index in [1.165, 1.54) is 24.0 Å². The second-order valence-electron chi connectivity index (χ2n) is 7.90. The van der Waals surface area contributed by atoms with Gasteiger partial charge in [-0.2, -0.15) is 0 Å². The van der Waals surface area contributed by atoms with Crippen molar-refractivity contribution in [1.82, 2.24) is 9.55 Å². The zero-order valence-corrected chi connectivity index (χ0v) is 16.2. The van der Waals surface area contributed by atoms with E-state index in [-0.39, 0.29) is 6.04 Å². The van der Waals surface area contributed by atoms with Crippen molar-refractivity contribution in [2.24, 2.45) is 4.99 Å². The molecule has 4 aromatic rings. The van der Waals surface area contributed by atoms with E-state index in [1.807, 2.05) is 24.5 Å². The summed E-state index contributed by atoms with van der Waals surface area (Å²) in [6, 6.07) is 21.1. The van der Waals surface area contributed by atoms with Gasteiger partial charge in [0.15, 0.2) is 5.76 Å². The minimum absolute atomic E-state index is 0.0513. The average Bonchev–Trinajstić information content (AvgIpc) is 3.31. The van der Waals surface area contributed by atoms with Gasteiger partial charge in [0, 0.05) is 11.1 Å². The lowest BCUT2D eigenvalue weighted by molar-refractivity contribution is 0.578. The highest BCUT2D eigenvalue weighted by atomic mass is 16.3. The Balaban J connectivity index is 1.62. The third kappa shape index (κ3) is 2.67. The summed E-state index contributed by atoms with van der Waals surface area (Å²) in [7, 11) is 0. The number of hydrogen-bond donors (Lipinski definition) is 0. The fourth-order valence-electron chi connectivity index (χ4n) is 4.33. The molecule has 2 aromatic heterocycles. The maximum absolute atomic E-state index is 5.67. The highest BCUT2D eigenvalue weighted by Gasteiger charge is 2.29. The number of rotatable bonds is 3. The summed E-state index contributed by atoms with van der Waals surface area (Å²) in [6.45, 7) is 2.14. The van der Waals surface area contributed by atoms with Gasteiger partial charge in [0.1, 0.15) is 12.0 Å². The van der Waals surface area contributed by atoms with Crippen LogP contribution >= 0.6 is 0 Å². The molecule has 29 heavy (non-hydrogen) atoms. The first-order valence-electron chi connectivity index (χ1n) is 10.2. The maximum Gasteiger partial charge on any atom is 0.154 e. The van der Waals surface area contributed by atoms with Crippen LogP contribution in [0.4, 0.5) is 0 Å². The van der Waals surface area contributed by atoms with Gasteiger partial charge in [-0.05, 0) is 55.5 Å². The van der Waals surface area contributed by atoms with E-state index in [2.05, 4.69) is 54.0 Å². The zero-order valence-electron chi connectivity index (χ0n) is 16.2. The van der Waals surface area contributed by atoms with Crippen LogP contribution in [0.5, 0.6) is 0 Å². The molecule has 2 aromatic carbocycles. The molecule has 0 radical (unpaired) electrons. The summed E-state index contributed by atoms with van der Waals surface area (Å²) in [5.74, 6) is 1.47. The van der Waals surface area contributed by atoms with Gasteiger partial charge < -0.3 is 4.42 Å². The van der Waals surface area contributed by atoms with E-state index in [0.717, 1.165) is 34.1 Å². The van der Waals surface area contributed by atoms with Crippen molar-refractivity contribution in [1.29, 1.82) is 0 Å². The standard InChI is InChI=1S/C25H21N3O/c1-16-25-24(22-8-5-13-29-22)26-15-28(25)21-12-11-19(17-9-10-17)14-20(21)23(27-16)18-6-3-2-4-7-18/h2-8,11-17H,9-10H2,1H3/t16-/m1/s1. The number of hydrogen-bond acceptors (Lipinski definition) is 3. The Labute approximate surface area is 169 Å². The smallest absolute Gasteiger partial charge is 0.154 e. The molecule has 2 aliphatic rings. The van der Waals surface area contributed by atoms with Crippen molar-refractivity contribution in [3.63, 3.8) is 0 Å². The monoisotopic (exact) mass is 379 g/mol. The highest BCUT2D eigenvalue weighted by Crippen LogP contribution is 2.42. The van der Waals surface area contributed by atoms with Gasteiger partial charge in [-0.3, -0.25) is 9.56 Å². The van der Waals surface area contributed by atoms with Crippen LogP contribution in [0.15, 0.2) is 82.7 Å². The van der Waals surface area contributed by atoms with E-state index in [9.17, 15) is 0 Å². The lowest BCUT2D eigenvalue weighted by atomic mass is 9.97. The van der Waals surface area contributed by atoms with Crippen LogP contribution in [0.2, 0.25) is 0 Å². The molecule has 6 rings (SSSR count). The Morgan fingerprint density at radius 1 is 1.00 bits per heavy atom. The normalized spacial score (nSPS) is 18.0. The molecule has 0 bridgehead atoms. The quantitative estimate of drug-likeness (QED) is 0.443. The summed E-state index contributed by atoms with van der Waals surface area (Å²) in [4.78, 5) is 9.91. The molecule has 0 unspecified atom stereocenters. The van der Waals surface area contributed by atoms with E-state index in [1.54, 1.807) is 6.26 Å². The van der Waals surface area contributed by atoms with Crippen molar-refractivity contribution in [2.45, 2.75) is 31.7 Å². The van der Waals surface area contributed by atoms with Gasteiger partial charge in [-0.15, -0.1) is 0 Å². The van der Waals surface area contributed by atoms with Crippen LogP contribution in [0, 0.1) is 0 Å². The number of nitrogens with zero attached hydrogens (tertiary/aromatic N) is 3. The van der Waals surface area contributed by atoms with E-state index >= 15 is 0 Å². The molecule has 1 fully saturated rings. The minimum atomic E-state index is -0.0513. The molecule has 0 saturated heterocycles. The van der Waals surface area contributed by atoms with Crippen LogP contribution in [0.1, 0.15) is 54.1 Å². The molecule has 1 aliphatic heterocycles. The second kappa shape index (κ2) is 6.31. The van der Waals surface area contributed by atoms with Crippen LogP contribution in [-0.2, 0) is 0 Å². The Bertz CT molecular complexity index is 1210. The van der Waals surface area contributed by atoms with Crippen molar-refractivity contribution in [2.75, 3.05) is 0 Å². The molecular weight excluding hydrogens is 358 g/mol. The van der Waals surface area contributed by atoms with Crippen LogP contribution in [0.3, 0.4) is 0 Å². The molecule has 1 atom stereocenters. The van der Waals surface area contributed by atoms with Gasteiger partial charge in [0.2, 0.25) is 0 Å². The SMILES string of the molecule is C[C@H]1N=C(c2ccccc2)c2cc(C3CC3)ccc2-n2cnc(-c3ccco3)c21. The van der Waals surface area contributed by atoms with E-state index < -0.39 is 0 Å². The topological polar surface area (TPSA) is 43.3 Å². The molecule has 4 nitrogen and oxygen atoms in total. The number of imidazole rings is 1. The van der Waals surface area contributed by atoms with Gasteiger partial charge >= 0.3 is 0 Å². The molecule has 0 amide bonds. The Morgan fingerprint density at radius 2 is 1.86 bits per heavy atom. The number of fused-ring (bicyclic) bond motifs is 3. The largest absolute Gasteiger partial charge is 0.463 e. The van der Waals surface area contributed by atoms with Crippen LogP contribution < -0.4 is 0 Å². The first-order valence-corrected chi connectivity index (χ1v) is 10.2. The molecule has 0 spiro atoms. The minimum Gasteiger partial charge on any atom is -0.463 e. The fraction of sp³-hybridized carbons (Fsp3) is 0.200. The Hall–Kier alpha value is -3.40. The van der Waals surface area contributed by atoms with Crippen molar-refractivity contribution in [3.05, 3.63) is 95.6 Å². The first-order chi connectivity index (χ1) is 14.3. The summed E-state index contributed by atoms with van der Waals surface area (Å²) >= 11 is 0. The molecule has 4 heteroatoms. The first kappa shape index (κ1) is 16.5.